The van der Waals surface area contributed by atoms with Gasteiger partial charge in [-0.1, -0.05) is 12.1 Å². The van der Waals surface area contributed by atoms with E-state index in [-0.39, 0.29) is 5.82 Å². The van der Waals surface area contributed by atoms with Gasteiger partial charge in [0.1, 0.15) is 17.3 Å². The van der Waals surface area contributed by atoms with Gasteiger partial charge in [-0.25, -0.2) is 9.37 Å². The molecule has 0 aliphatic rings. The number of benzene rings is 1. The lowest BCUT2D eigenvalue weighted by molar-refractivity contribution is 0.627. The van der Waals surface area contributed by atoms with Crippen LogP contribution in [0.15, 0.2) is 61.2 Å². The zero-order valence-corrected chi connectivity index (χ0v) is 17.3. The molecule has 2 N–H and O–H groups in total. The summed E-state index contributed by atoms with van der Waals surface area (Å²) in [6, 6.07) is 10.7. The van der Waals surface area contributed by atoms with Crippen LogP contribution in [0.2, 0.25) is 0 Å². The summed E-state index contributed by atoms with van der Waals surface area (Å²) in [6.45, 7) is 0.586. The van der Waals surface area contributed by atoms with Gasteiger partial charge in [0.05, 0.1) is 6.20 Å². The molecule has 4 aromatic heterocycles. The number of pyridine rings is 1. The number of fused-ring (bicyclic) bond motifs is 1. The van der Waals surface area contributed by atoms with Crippen LogP contribution in [0.4, 0.5) is 10.2 Å². The molecule has 7 nitrogen and oxygen atoms in total. The van der Waals surface area contributed by atoms with Crippen molar-refractivity contribution < 1.29 is 4.39 Å². The minimum Gasteiger partial charge on any atom is -0.365 e. The smallest absolute Gasteiger partial charge is 0.148 e. The van der Waals surface area contributed by atoms with Crippen molar-refractivity contribution in [2.24, 2.45) is 14.1 Å². The number of nitrogens with zero attached hydrogens (tertiary/aromatic N) is 5. The lowest BCUT2D eigenvalue weighted by Crippen LogP contribution is -2.01. The average molecular weight is 415 g/mol. The van der Waals surface area contributed by atoms with Gasteiger partial charge in [-0.05, 0) is 29.3 Å². The quantitative estimate of drug-likeness (QED) is 0.439. The zero-order chi connectivity index (χ0) is 21.4. The number of aromatic nitrogens is 6. The third-order valence-electron chi connectivity index (χ3n) is 5.39. The number of nitrogens with one attached hydrogen (secondary N) is 2. The molecule has 0 saturated heterocycles. The standard InChI is InChI=1S/C23H22FN7/c1-30-14-18(13-28-30)16-8-21-17(12-27-23(21)26-11-16)7-20-9-22(29-31(20)2)25-10-15-3-5-19(24)6-4-15/h3-6,8-9,11-14H,7,10H2,1-2H3,(H,25,29)(H,26,27). The van der Waals surface area contributed by atoms with Gasteiger partial charge in [0, 0.05) is 73.9 Å². The van der Waals surface area contributed by atoms with Crippen molar-refractivity contribution in [2.75, 3.05) is 5.32 Å². The molecule has 0 amide bonds. The van der Waals surface area contributed by atoms with Gasteiger partial charge in [-0.2, -0.15) is 10.2 Å². The van der Waals surface area contributed by atoms with Gasteiger partial charge in [-0.15, -0.1) is 0 Å². The van der Waals surface area contributed by atoms with E-state index in [1.807, 2.05) is 49.6 Å². The number of aromatic amines is 1. The number of halogens is 1. The Kier molecular flexibility index (Phi) is 4.74. The van der Waals surface area contributed by atoms with Crippen molar-refractivity contribution in [3.63, 3.8) is 0 Å². The van der Waals surface area contributed by atoms with Crippen LogP contribution in [0, 0.1) is 5.82 Å². The Labute approximate surface area is 178 Å². The molecule has 0 aliphatic heterocycles. The van der Waals surface area contributed by atoms with Crippen molar-refractivity contribution in [2.45, 2.75) is 13.0 Å². The molecule has 0 aliphatic carbocycles. The maximum Gasteiger partial charge on any atom is 0.148 e. The van der Waals surface area contributed by atoms with E-state index in [1.54, 1.807) is 16.8 Å². The Hall–Kier alpha value is -3.94. The minimum atomic E-state index is -0.233. The van der Waals surface area contributed by atoms with Crippen molar-refractivity contribution in [3.8, 4) is 11.1 Å². The Morgan fingerprint density at radius 3 is 2.68 bits per heavy atom. The SMILES string of the molecule is Cn1cc(-c2cnc3[nH]cc(Cc4cc(NCc5ccc(F)cc5)nn4C)c3c2)cn1. The number of H-pyrrole nitrogens is 1. The molecule has 5 aromatic rings. The molecule has 0 radical (unpaired) electrons. The summed E-state index contributed by atoms with van der Waals surface area (Å²) >= 11 is 0. The highest BCUT2D eigenvalue weighted by Gasteiger charge is 2.12. The highest BCUT2D eigenvalue weighted by molar-refractivity contribution is 5.84. The van der Waals surface area contributed by atoms with Crippen LogP contribution >= 0.6 is 0 Å². The topological polar surface area (TPSA) is 76.3 Å². The monoisotopic (exact) mass is 415 g/mol. The van der Waals surface area contributed by atoms with E-state index >= 15 is 0 Å². The molecule has 0 fully saturated rings. The van der Waals surface area contributed by atoms with Gasteiger partial charge in [0.2, 0.25) is 0 Å². The van der Waals surface area contributed by atoms with Gasteiger partial charge in [0.15, 0.2) is 0 Å². The van der Waals surface area contributed by atoms with Crippen LogP contribution < -0.4 is 5.32 Å². The van der Waals surface area contributed by atoms with E-state index in [0.29, 0.717) is 6.54 Å². The summed E-state index contributed by atoms with van der Waals surface area (Å²) < 4.78 is 16.7. The molecular formula is C23H22FN7. The fraction of sp³-hybridized carbons (Fsp3) is 0.174. The summed E-state index contributed by atoms with van der Waals surface area (Å²) in [7, 11) is 3.84. The number of hydrogen-bond acceptors (Lipinski definition) is 4. The first kappa shape index (κ1) is 19.0. The van der Waals surface area contributed by atoms with Crippen LogP contribution in [-0.2, 0) is 27.1 Å². The first-order chi connectivity index (χ1) is 15.0. The zero-order valence-electron chi connectivity index (χ0n) is 17.3. The van der Waals surface area contributed by atoms with Gasteiger partial charge in [-0.3, -0.25) is 9.36 Å². The Balaban J connectivity index is 1.36. The van der Waals surface area contributed by atoms with E-state index in [9.17, 15) is 4.39 Å². The van der Waals surface area contributed by atoms with Gasteiger partial charge < -0.3 is 10.3 Å². The van der Waals surface area contributed by atoms with Crippen molar-refractivity contribution in [1.29, 1.82) is 0 Å². The van der Waals surface area contributed by atoms with Gasteiger partial charge in [0.25, 0.3) is 0 Å². The third-order valence-corrected chi connectivity index (χ3v) is 5.39. The first-order valence-electron chi connectivity index (χ1n) is 10.0. The van der Waals surface area contributed by atoms with Gasteiger partial charge >= 0.3 is 0 Å². The summed E-state index contributed by atoms with van der Waals surface area (Å²) in [5.41, 5.74) is 6.17. The molecule has 5 rings (SSSR count). The molecule has 4 heterocycles. The lowest BCUT2D eigenvalue weighted by atomic mass is 10.1. The number of aryl methyl sites for hydroxylation is 2. The molecule has 1 aromatic carbocycles. The second kappa shape index (κ2) is 7.71. The van der Waals surface area contributed by atoms with E-state index in [1.165, 1.54) is 12.1 Å². The molecule has 0 bridgehead atoms. The maximum atomic E-state index is 13.1. The highest BCUT2D eigenvalue weighted by atomic mass is 19.1. The average Bonchev–Trinajstić information content (AvgIpc) is 3.47. The minimum absolute atomic E-state index is 0.233. The Bertz CT molecular complexity index is 1340. The summed E-state index contributed by atoms with van der Waals surface area (Å²) in [5, 5.41) is 13.2. The van der Waals surface area contributed by atoms with Crippen LogP contribution in [0.25, 0.3) is 22.2 Å². The summed E-state index contributed by atoms with van der Waals surface area (Å²) in [4.78, 5) is 7.83. The van der Waals surface area contributed by atoms with Crippen LogP contribution in [-0.4, -0.2) is 29.5 Å². The normalized spacial score (nSPS) is 11.3. The van der Waals surface area contributed by atoms with Crippen molar-refractivity contribution in [1.82, 2.24) is 29.5 Å². The number of anilines is 1. The summed E-state index contributed by atoms with van der Waals surface area (Å²) in [6.07, 6.45) is 8.41. The highest BCUT2D eigenvalue weighted by Crippen LogP contribution is 2.26. The molecule has 31 heavy (non-hydrogen) atoms. The van der Waals surface area contributed by atoms with Crippen LogP contribution in [0.1, 0.15) is 16.8 Å². The molecule has 156 valence electrons. The van der Waals surface area contributed by atoms with E-state index in [4.69, 9.17) is 0 Å². The van der Waals surface area contributed by atoms with Crippen molar-refractivity contribution in [3.05, 3.63) is 83.8 Å². The van der Waals surface area contributed by atoms with E-state index in [2.05, 4.69) is 31.5 Å². The number of hydrogen-bond donors (Lipinski definition) is 2. The second-order valence-corrected chi connectivity index (χ2v) is 7.64. The molecule has 0 atom stereocenters. The fourth-order valence-corrected chi connectivity index (χ4v) is 3.68. The largest absolute Gasteiger partial charge is 0.365 e. The van der Waals surface area contributed by atoms with Crippen molar-refractivity contribution >= 4 is 16.9 Å². The van der Waals surface area contributed by atoms with Crippen LogP contribution in [0.3, 0.4) is 0 Å². The lowest BCUT2D eigenvalue weighted by Gasteiger charge is -2.02. The maximum absolute atomic E-state index is 13.1. The van der Waals surface area contributed by atoms with E-state index < -0.39 is 0 Å². The predicted octanol–water partition coefficient (Wildman–Crippen LogP) is 4.04. The molecular weight excluding hydrogens is 393 g/mol. The Morgan fingerprint density at radius 1 is 1.06 bits per heavy atom. The number of rotatable bonds is 6. The first-order valence-corrected chi connectivity index (χ1v) is 10.0. The second-order valence-electron chi connectivity index (χ2n) is 7.64. The molecule has 8 heteroatoms. The van der Waals surface area contributed by atoms with Crippen LogP contribution in [0.5, 0.6) is 0 Å². The Morgan fingerprint density at radius 2 is 1.90 bits per heavy atom. The predicted molar refractivity (Wildman–Crippen MR) is 118 cm³/mol. The molecule has 0 spiro atoms. The molecule has 0 saturated carbocycles. The fourth-order valence-electron chi connectivity index (χ4n) is 3.68. The summed E-state index contributed by atoms with van der Waals surface area (Å²) in [5.74, 6) is 0.555. The molecule has 0 unspecified atom stereocenters. The third kappa shape index (κ3) is 3.92. The van der Waals surface area contributed by atoms with E-state index in [0.717, 1.165) is 51.2 Å².